The highest BCUT2D eigenvalue weighted by atomic mass is 16.2. The summed E-state index contributed by atoms with van der Waals surface area (Å²) in [7, 11) is 1.84. The molecular weight excluding hydrogens is 360 g/mol. The Morgan fingerprint density at radius 1 is 1.10 bits per heavy atom. The van der Waals surface area contributed by atoms with Crippen LogP contribution in [0.25, 0.3) is 0 Å². The number of aryl methyl sites for hydroxylation is 1. The highest BCUT2D eigenvalue weighted by molar-refractivity contribution is 5.81. The van der Waals surface area contributed by atoms with E-state index in [0.717, 1.165) is 44.9 Å². The van der Waals surface area contributed by atoms with Gasteiger partial charge in [-0.2, -0.15) is 0 Å². The number of aliphatic imine (C=N–C) groups is 1. The van der Waals surface area contributed by atoms with E-state index < -0.39 is 0 Å². The van der Waals surface area contributed by atoms with Gasteiger partial charge in [-0.3, -0.25) is 9.79 Å². The standard InChI is InChI=1S/C24H36N4O/c1-25-24(26-16-20-12-7-11-18-8-5-6-13-22(18)20)27-21-14-15-28(17-21)23(29)19-9-3-2-4-10-19/h5-6,8,13,19-21H,2-4,7,9-12,14-17H2,1H3,(H2,25,26,27). The minimum Gasteiger partial charge on any atom is -0.356 e. The molecule has 29 heavy (non-hydrogen) atoms. The van der Waals surface area contributed by atoms with Gasteiger partial charge in [0.05, 0.1) is 0 Å². The van der Waals surface area contributed by atoms with Crippen LogP contribution in [0.15, 0.2) is 29.3 Å². The van der Waals surface area contributed by atoms with Gasteiger partial charge in [0, 0.05) is 44.6 Å². The van der Waals surface area contributed by atoms with Crippen molar-refractivity contribution >= 4 is 11.9 Å². The molecule has 3 aliphatic rings. The molecule has 2 aliphatic carbocycles. The summed E-state index contributed by atoms with van der Waals surface area (Å²) in [6.07, 6.45) is 10.6. The highest BCUT2D eigenvalue weighted by Gasteiger charge is 2.32. The first-order chi connectivity index (χ1) is 14.2. The second-order valence-corrected chi connectivity index (χ2v) is 8.99. The Kier molecular flexibility index (Phi) is 6.73. The van der Waals surface area contributed by atoms with Crippen molar-refractivity contribution in [2.45, 2.75) is 69.7 Å². The molecule has 1 amide bonds. The number of nitrogens with one attached hydrogen (secondary N) is 2. The van der Waals surface area contributed by atoms with Gasteiger partial charge in [0.2, 0.25) is 5.91 Å². The molecule has 0 aromatic heterocycles. The van der Waals surface area contributed by atoms with E-state index in [1.165, 1.54) is 49.7 Å². The average Bonchev–Trinajstić information content (AvgIpc) is 3.25. The monoisotopic (exact) mass is 396 g/mol. The molecule has 1 saturated carbocycles. The predicted molar refractivity (Wildman–Crippen MR) is 118 cm³/mol. The summed E-state index contributed by atoms with van der Waals surface area (Å²) >= 11 is 0. The summed E-state index contributed by atoms with van der Waals surface area (Å²) in [5, 5.41) is 7.11. The molecule has 5 heteroatoms. The van der Waals surface area contributed by atoms with Crippen LogP contribution >= 0.6 is 0 Å². The van der Waals surface area contributed by atoms with E-state index in [2.05, 4.69) is 44.8 Å². The fraction of sp³-hybridized carbons (Fsp3) is 0.667. The Morgan fingerprint density at radius 2 is 1.93 bits per heavy atom. The van der Waals surface area contributed by atoms with Gasteiger partial charge in [0.15, 0.2) is 5.96 Å². The van der Waals surface area contributed by atoms with Crippen LogP contribution in [-0.2, 0) is 11.2 Å². The summed E-state index contributed by atoms with van der Waals surface area (Å²) in [5.74, 6) is 2.07. The average molecular weight is 397 g/mol. The maximum Gasteiger partial charge on any atom is 0.225 e. The van der Waals surface area contributed by atoms with Gasteiger partial charge >= 0.3 is 0 Å². The lowest BCUT2D eigenvalue weighted by Crippen LogP contribution is -2.46. The van der Waals surface area contributed by atoms with Crippen molar-refractivity contribution in [2.24, 2.45) is 10.9 Å². The molecule has 4 rings (SSSR count). The summed E-state index contributed by atoms with van der Waals surface area (Å²) in [4.78, 5) is 19.3. The first kappa shape index (κ1) is 20.2. The number of fused-ring (bicyclic) bond motifs is 1. The Morgan fingerprint density at radius 3 is 2.76 bits per heavy atom. The molecule has 2 fully saturated rings. The summed E-state index contributed by atoms with van der Waals surface area (Å²) in [6.45, 7) is 2.59. The number of amides is 1. The largest absolute Gasteiger partial charge is 0.356 e. The molecule has 0 radical (unpaired) electrons. The normalized spacial score (nSPS) is 25.6. The van der Waals surface area contributed by atoms with Crippen molar-refractivity contribution in [1.82, 2.24) is 15.5 Å². The predicted octanol–water partition coefficient (Wildman–Crippen LogP) is 3.45. The molecule has 2 atom stereocenters. The number of benzene rings is 1. The molecule has 0 bridgehead atoms. The molecule has 2 N–H and O–H groups in total. The number of rotatable bonds is 4. The fourth-order valence-electron chi connectivity index (χ4n) is 5.36. The lowest BCUT2D eigenvalue weighted by Gasteiger charge is -2.27. The van der Waals surface area contributed by atoms with E-state index in [9.17, 15) is 4.79 Å². The Bertz CT molecular complexity index is 725. The topological polar surface area (TPSA) is 56.7 Å². The van der Waals surface area contributed by atoms with Gasteiger partial charge in [0.1, 0.15) is 0 Å². The second-order valence-electron chi connectivity index (χ2n) is 8.99. The first-order valence-electron chi connectivity index (χ1n) is 11.6. The lowest BCUT2D eigenvalue weighted by molar-refractivity contribution is -0.135. The Balaban J connectivity index is 1.26. The molecule has 158 valence electrons. The van der Waals surface area contributed by atoms with Gasteiger partial charge in [-0.1, -0.05) is 43.5 Å². The van der Waals surface area contributed by atoms with Crippen molar-refractivity contribution in [3.8, 4) is 0 Å². The van der Waals surface area contributed by atoms with Crippen LogP contribution < -0.4 is 10.6 Å². The molecular formula is C24H36N4O. The third-order valence-electron chi connectivity index (χ3n) is 7.03. The number of likely N-dealkylation sites (tertiary alicyclic amines) is 1. The van der Waals surface area contributed by atoms with E-state index >= 15 is 0 Å². The maximum atomic E-state index is 12.8. The van der Waals surface area contributed by atoms with Crippen LogP contribution in [0.2, 0.25) is 0 Å². The highest BCUT2D eigenvalue weighted by Crippen LogP contribution is 2.31. The summed E-state index contributed by atoms with van der Waals surface area (Å²) in [5.41, 5.74) is 2.99. The molecule has 1 aromatic carbocycles. The van der Waals surface area contributed by atoms with Crippen molar-refractivity contribution in [3.63, 3.8) is 0 Å². The van der Waals surface area contributed by atoms with E-state index in [4.69, 9.17) is 0 Å². The van der Waals surface area contributed by atoms with Crippen LogP contribution in [0.3, 0.4) is 0 Å². The van der Waals surface area contributed by atoms with Crippen molar-refractivity contribution in [2.75, 3.05) is 26.7 Å². The molecule has 1 heterocycles. The van der Waals surface area contributed by atoms with Crippen LogP contribution in [0.1, 0.15) is 68.4 Å². The quantitative estimate of drug-likeness (QED) is 0.605. The number of nitrogens with zero attached hydrogens (tertiary/aromatic N) is 2. The third-order valence-corrected chi connectivity index (χ3v) is 7.03. The third kappa shape index (κ3) is 4.93. The smallest absolute Gasteiger partial charge is 0.225 e. The van der Waals surface area contributed by atoms with Gasteiger partial charge in [-0.25, -0.2) is 0 Å². The zero-order valence-electron chi connectivity index (χ0n) is 17.8. The van der Waals surface area contributed by atoms with Gasteiger partial charge in [-0.05, 0) is 49.7 Å². The minimum absolute atomic E-state index is 0.270. The molecule has 1 saturated heterocycles. The number of hydrogen-bond acceptors (Lipinski definition) is 2. The molecule has 2 unspecified atom stereocenters. The van der Waals surface area contributed by atoms with Crippen molar-refractivity contribution in [3.05, 3.63) is 35.4 Å². The zero-order chi connectivity index (χ0) is 20.1. The maximum absolute atomic E-state index is 12.8. The number of carbonyl (C=O) groups excluding carboxylic acids is 1. The van der Waals surface area contributed by atoms with Crippen LogP contribution in [0, 0.1) is 5.92 Å². The molecule has 1 aromatic rings. The van der Waals surface area contributed by atoms with Crippen molar-refractivity contribution < 1.29 is 4.79 Å². The molecule has 1 aliphatic heterocycles. The van der Waals surface area contributed by atoms with Gasteiger partial charge in [-0.15, -0.1) is 0 Å². The van der Waals surface area contributed by atoms with E-state index in [0.29, 0.717) is 17.9 Å². The summed E-state index contributed by atoms with van der Waals surface area (Å²) < 4.78 is 0. The Labute approximate surface area is 175 Å². The number of carbonyl (C=O) groups is 1. The second kappa shape index (κ2) is 9.64. The van der Waals surface area contributed by atoms with Gasteiger partial charge in [0.25, 0.3) is 0 Å². The van der Waals surface area contributed by atoms with E-state index in [1.54, 1.807) is 0 Å². The van der Waals surface area contributed by atoms with E-state index in [-0.39, 0.29) is 5.92 Å². The lowest BCUT2D eigenvalue weighted by atomic mass is 9.83. The minimum atomic E-state index is 0.270. The number of guanidine groups is 1. The van der Waals surface area contributed by atoms with Crippen LogP contribution in [0.5, 0.6) is 0 Å². The number of hydrogen-bond donors (Lipinski definition) is 2. The zero-order valence-corrected chi connectivity index (χ0v) is 17.8. The van der Waals surface area contributed by atoms with Crippen LogP contribution in [0.4, 0.5) is 0 Å². The SMILES string of the molecule is CN=C(NCC1CCCc2ccccc21)NC1CCN(C(=O)C2CCCCC2)C1. The van der Waals surface area contributed by atoms with E-state index in [1.807, 2.05) is 7.05 Å². The fourth-order valence-corrected chi connectivity index (χ4v) is 5.36. The Hall–Kier alpha value is -2.04. The summed E-state index contributed by atoms with van der Waals surface area (Å²) in [6, 6.07) is 9.15. The first-order valence-corrected chi connectivity index (χ1v) is 11.6. The van der Waals surface area contributed by atoms with Gasteiger partial charge < -0.3 is 15.5 Å². The molecule has 0 spiro atoms. The van der Waals surface area contributed by atoms with Crippen molar-refractivity contribution in [1.29, 1.82) is 0 Å². The molecule has 5 nitrogen and oxygen atoms in total. The van der Waals surface area contributed by atoms with Crippen LogP contribution in [-0.4, -0.2) is 49.5 Å².